The van der Waals surface area contributed by atoms with Crippen LogP contribution < -0.4 is 5.32 Å². The Morgan fingerprint density at radius 3 is 3.10 bits per heavy atom. The second-order valence-corrected chi connectivity index (χ2v) is 2.66. The molecule has 3 nitrogen and oxygen atoms in total. The van der Waals surface area contributed by atoms with Gasteiger partial charge in [-0.3, -0.25) is 4.79 Å². The number of carbonyl (C=O) groups is 1. The summed E-state index contributed by atoms with van der Waals surface area (Å²) in [6.07, 6.45) is 1.63. The molecule has 1 amide bonds. The van der Waals surface area contributed by atoms with E-state index in [4.69, 9.17) is 4.74 Å². The van der Waals surface area contributed by atoms with Crippen LogP contribution in [0.2, 0.25) is 0 Å². The number of carbonyl (C=O) groups excluding carboxylic acids is 1. The van der Waals surface area contributed by atoms with Gasteiger partial charge < -0.3 is 10.1 Å². The molecule has 0 aromatic rings. The van der Waals surface area contributed by atoms with Crippen LogP contribution in [0, 0.1) is 5.92 Å². The van der Waals surface area contributed by atoms with E-state index in [0.29, 0.717) is 12.3 Å². The summed E-state index contributed by atoms with van der Waals surface area (Å²) in [7, 11) is 1.69. The summed E-state index contributed by atoms with van der Waals surface area (Å²) in [5, 5.41) is 2.80. The molecule has 1 atom stereocenters. The average Bonchev–Trinajstić information content (AvgIpc) is 1.95. The Bertz CT molecular complexity index is 115. The molecular weight excluding hydrogens is 130 g/mol. The highest BCUT2D eigenvalue weighted by Crippen LogP contribution is 2.09. The molecule has 0 aliphatic carbocycles. The first-order chi connectivity index (χ1) is 4.83. The predicted octanol–water partition coefficient (Wildman–Crippen LogP) is 0.159. The zero-order valence-electron chi connectivity index (χ0n) is 6.22. The Morgan fingerprint density at radius 1 is 1.80 bits per heavy atom. The van der Waals surface area contributed by atoms with Crippen molar-refractivity contribution in [2.45, 2.75) is 12.8 Å². The minimum absolute atomic E-state index is 0.173. The van der Waals surface area contributed by atoms with Crippen molar-refractivity contribution in [3.8, 4) is 0 Å². The second kappa shape index (κ2) is 3.56. The van der Waals surface area contributed by atoms with E-state index in [1.54, 1.807) is 7.11 Å². The summed E-state index contributed by atoms with van der Waals surface area (Å²) in [6, 6.07) is 0. The molecule has 0 unspecified atom stereocenters. The summed E-state index contributed by atoms with van der Waals surface area (Å²) < 4.78 is 4.97. The number of hydrogen-bond acceptors (Lipinski definition) is 2. The third kappa shape index (κ3) is 1.99. The smallest absolute Gasteiger partial charge is 0.220 e. The van der Waals surface area contributed by atoms with Crippen molar-refractivity contribution in [1.82, 2.24) is 5.32 Å². The first kappa shape index (κ1) is 7.54. The summed E-state index contributed by atoms with van der Waals surface area (Å²) in [5.41, 5.74) is 0. The largest absolute Gasteiger partial charge is 0.384 e. The van der Waals surface area contributed by atoms with Crippen molar-refractivity contribution in [3.63, 3.8) is 0 Å². The van der Waals surface area contributed by atoms with Gasteiger partial charge in [0.05, 0.1) is 6.61 Å². The maximum absolute atomic E-state index is 10.7. The average molecular weight is 143 g/mol. The molecule has 0 spiro atoms. The Labute approximate surface area is 60.7 Å². The summed E-state index contributed by atoms with van der Waals surface area (Å²) in [4.78, 5) is 10.7. The third-order valence-corrected chi connectivity index (χ3v) is 1.77. The summed E-state index contributed by atoms with van der Waals surface area (Å²) >= 11 is 0. The number of ether oxygens (including phenoxy) is 1. The molecule has 0 bridgehead atoms. The second-order valence-electron chi connectivity index (χ2n) is 2.66. The molecule has 0 aromatic heterocycles. The molecule has 1 saturated heterocycles. The van der Waals surface area contributed by atoms with Crippen LogP contribution in [0.15, 0.2) is 0 Å². The quantitative estimate of drug-likeness (QED) is 0.598. The number of piperidine rings is 1. The third-order valence-electron chi connectivity index (χ3n) is 1.77. The molecule has 3 heteroatoms. The van der Waals surface area contributed by atoms with Crippen molar-refractivity contribution in [2.75, 3.05) is 20.3 Å². The topological polar surface area (TPSA) is 38.3 Å². The molecule has 0 aromatic carbocycles. The molecule has 58 valence electrons. The van der Waals surface area contributed by atoms with Gasteiger partial charge in [0.1, 0.15) is 0 Å². The normalized spacial score (nSPS) is 26.1. The Kier molecular flexibility index (Phi) is 2.68. The van der Waals surface area contributed by atoms with E-state index in [0.717, 1.165) is 19.6 Å². The first-order valence-electron chi connectivity index (χ1n) is 3.58. The van der Waals surface area contributed by atoms with Crippen LogP contribution in [-0.2, 0) is 9.53 Å². The monoisotopic (exact) mass is 143 g/mol. The van der Waals surface area contributed by atoms with Gasteiger partial charge >= 0.3 is 0 Å². The highest BCUT2D eigenvalue weighted by Gasteiger charge is 2.16. The van der Waals surface area contributed by atoms with E-state index in [9.17, 15) is 4.79 Å². The Hall–Kier alpha value is -0.570. The van der Waals surface area contributed by atoms with Gasteiger partial charge in [0.2, 0.25) is 5.91 Å². The van der Waals surface area contributed by atoms with Crippen LogP contribution in [0.3, 0.4) is 0 Å². The first-order valence-corrected chi connectivity index (χ1v) is 3.58. The van der Waals surface area contributed by atoms with Crippen LogP contribution in [-0.4, -0.2) is 26.2 Å². The lowest BCUT2D eigenvalue weighted by Crippen LogP contribution is -2.36. The predicted molar refractivity (Wildman–Crippen MR) is 37.6 cm³/mol. The molecule has 10 heavy (non-hydrogen) atoms. The van der Waals surface area contributed by atoms with Crippen molar-refractivity contribution in [3.05, 3.63) is 0 Å². The van der Waals surface area contributed by atoms with E-state index >= 15 is 0 Å². The van der Waals surface area contributed by atoms with Gasteiger partial charge in [0.25, 0.3) is 0 Å². The van der Waals surface area contributed by atoms with E-state index in [1.807, 2.05) is 0 Å². The van der Waals surface area contributed by atoms with E-state index < -0.39 is 0 Å². The van der Waals surface area contributed by atoms with E-state index in [2.05, 4.69) is 5.32 Å². The molecule has 1 aliphatic heterocycles. The molecule has 0 saturated carbocycles. The number of hydrogen-bond donors (Lipinski definition) is 1. The Morgan fingerprint density at radius 2 is 2.60 bits per heavy atom. The van der Waals surface area contributed by atoms with Crippen molar-refractivity contribution < 1.29 is 9.53 Å². The lowest BCUT2D eigenvalue weighted by atomic mass is 10.0. The van der Waals surface area contributed by atoms with Crippen molar-refractivity contribution >= 4 is 5.91 Å². The lowest BCUT2D eigenvalue weighted by Gasteiger charge is -2.20. The molecule has 1 rings (SSSR count). The number of amides is 1. The molecule has 1 heterocycles. The number of nitrogens with one attached hydrogen (secondary N) is 1. The van der Waals surface area contributed by atoms with Gasteiger partial charge in [-0.2, -0.15) is 0 Å². The fourth-order valence-electron chi connectivity index (χ4n) is 1.16. The van der Waals surface area contributed by atoms with Crippen LogP contribution in [0.5, 0.6) is 0 Å². The minimum atomic E-state index is 0.173. The van der Waals surface area contributed by atoms with E-state index in [-0.39, 0.29) is 5.91 Å². The Balaban J connectivity index is 2.19. The summed E-state index contributed by atoms with van der Waals surface area (Å²) in [5.74, 6) is 0.704. The minimum Gasteiger partial charge on any atom is -0.384 e. The van der Waals surface area contributed by atoms with Gasteiger partial charge in [-0.15, -0.1) is 0 Å². The zero-order valence-corrected chi connectivity index (χ0v) is 6.22. The highest BCUT2D eigenvalue weighted by atomic mass is 16.5. The van der Waals surface area contributed by atoms with Crippen molar-refractivity contribution in [1.29, 1.82) is 0 Å². The molecule has 0 radical (unpaired) electrons. The van der Waals surface area contributed by atoms with E-state index in [1.165, 1.54) is 0 Å². The lowest BCUT2D eigenvalue weighted by molar-refractivity contribution is -0.123. The van der Waals surface area contributed by atoms with Gasteiger partial charge in [0, 0.05) is 26.0 Å². The van der Waals surface area contributed by atoms with Gasteiger partial charge in [-0.1, -0.05) is 0 Å². The van der Waals surface area contributed by atoms with Crippen molar-refractivity contribution in [2.24, 2.45) is 5.92 Å². The maximum Gasteiger partial charge on any atom is 0.220 e. The molecule has 1 N–H and O–H groups in total. The van der Waals surface area contributed by atoms with Crippen LogP contribution in [0.25, 0.3) is 0 Å². The van der Waals surface area contributed by atoms with Gasteiger partial charge in [-0.25, -0.2) is 0 Å². The van der Waals surface area contributed by atoms with Crippen LogP contribution >= 0.6 is 0 Å². The number of methoxy groups -OCH3 is 1. The highest BCUT2D eigenvalue weighted by molar-refractivity contribution is 5.76. The summed E-state index contributed by atoms with van der Waals surface area (Å²) in [6.45, 7) is 1.55. The number of rotatable bonds is 2. The fraction of sp³-hybridized carbons (Fsp3) is 0.857. The zero-order chi connectivity index (χ0) is 7.40. The van der Waals surface area contributed by atoms with Crippen LogP contribution in [0.4, 0.5) is 0 Å². The van der Waals surface area contributed by atoms with Crippen LogP contribution in [0.1, 0.15) is 12.8 Å². The SMILES string of the molecule is COC[C@@H]1CCC(=O)NC1. The standard InChI is InChI=1S/C7H13NO2/c1-10-5-6-2-3-7(9)8-4-6/h6H,2-5H2,1H3,(H,8,9)/t6-/m1/s1. The van der Waals surface area contributed by atoms with Gasteiger partial charge in [-0.05, 0) is 6.42 Å². The fourth-order valence-corrected chi connectivity index (χ4v) is 1.16. The molecular formula is C7H13NO2. The maximum atomic E-state index is 10.7. The van der Waals surface area contributed by atoms with Gasteiger partial charge in [0.15, 0.2) is 0 Å². The molecule has 1 fully saturated rings. The molecule has 1 aliphatic rings.